The minimum Gasteiger partial charge on any atom is -0.479 e. The molecule has 12 heteroatoms. The van der Waals surface area contributed by atoms with Crippen molar-refractivity contribution in [3.8, 4) is 0 Å². The molecule has 432 valence electrons. The first-order valence-electron chi connectivity index (χ1n) is 29.2. The number of aliphatic hydroxyl groups excluding tert-OH is 2. The van der Waals surface area contributed by atoms with Crippen LogP contribution in [-0.4, -0.2) is 89.2 Å². The number of rotatable bonds is 47. The van der Waals surface area contributed by atoms with E-state index >= 15 is 0 Å². The third-order valence-electron chi connectivity index (χ3n) is 12.2. The maximum Gasteiger partial charge on any atom is 0.335 e. The van der Waals surface area contributed by atoms with Crippen LogP contribution in [-0.2, 0) is 42.9 Å². The van der Waals surface area contributed by atoms with E-state index in [1.165, 1.54) is 25.7 Å². The van der Waals surface area contributed by atoms with E-state index in [9.17, 15) is 34.5 Å². The van der Waals surface area contributed by atoms with Crippen molar-refractivity contribution in [3.63, 3.8) is 0 Å². The highest BCUT2D eigenvalue weighted by atomic mass is 16.7. The zero-order chi connectivity index (χ0) is 56.1. The van der Waals surface area contributed by atoms with Crippen molar-refractivity contribution in [2.75, 3.05) is 13.2 Å². The zero-order valence-electron chi connectivity index (χ0n) is 47.4. The van der Waals surface area contributed by atoms with Crippen LogP contribution in [0.3, 0.4) is 0 Å². The van der Waals surface area contributed by atoms with Crippen LogP contribution in [0.2, 0.25) is 0 Å². The van der Waals surface area contributed by atoms with Crippen LogP contribution in [0.4, 0.5) is 0 Å². The number of carboxylic acid groups (broad SMARTS) is 1. The molecule has 12 nitrogen and oxygen atoms in total. The number of hydrogen-bond acceptors (Lipinski definition) is 11. The number of carboxylic acids is 1. The Balaban J connectivity index is 2.76. The van der Waals surface area contributed by atoms with Gasteiger partial charge in [-0.15, -0.1) is 0 Å². The van der Waals surface area contributed by atoms with Crippen molar-refractivity contribution in [2.45, 2.75) is 237 Å². The monoisotopic (exact) mass is 1070 g/mol. The molecule has 0 radical (unpaired) electrons. The Labute approximate surface area is 464 Å². The van der Waals surface area contributed by atoms with Crippen molar-refractivity contribution < 1.29 is 58.2 Å². The Kier molecular flexibility index (Phi) is 46.8. The van der Waals surface area contributed by atoms with Crippen molar-refractivity contribution in [1.82, 2.24) is 0 Å². The molecule has 1 aliphatic heterocycles. The Morgan fingerprint density at radius 2 is 0.857 bits per heavy atom. The summed E-state index contributed by atoms with van der Waals surface area (Å²) in [6.07, 6.45) is 60.2. The fourth-order valence-corrected chi connectivity index (χ4v) is 7.82. The maximum absolute atomic E-state index is 13.1. The lowest BCUT2D eigenvalue weighted by atomic mass is 9.98. The number of aliphatic hydroxyl groups is 2. The number of hydrogen-bond donors (Lipinski definition) is 3. The number of ether oxygens (including phenoxy) is 5. The summed E-state index contributed by atoms with van der Waals surface area (Å²) in [5.41, 5.74) is 0. The molecule has 0 aliphatic carbocycles. The molecule has 6 unspecified atom stereocenters. The smallest absolute Gasteiger partial charge is 0.335 e. The Hall–Kier alpha value is -5.14. The van der Waals surface area contributed by atoms with Crippen LogP contribution < -0.4 is 0 Å². The van der Waals surface area contributed by atoms with Gasteiger partial charge in [0.1, 0.15) is 18.8 Å². The summed E-state index contributed by atoms with van der Waals surface area (Å²) < 4.78 is 28.2. The van der Waals surface area contributed by atoms with E-state index in [-0.39, 0.29) is 25.9 Å². The highest BCUT2D eigenvalue weighted by Crippen LogP contribution is 2.26. The number of carbonyl (C=O) groups excluding carboxylic acids is 3. The standard InChI is InChI=1S/C65H100O12/c1-4-7-10-13-16-19-22-25-27-28-29-30-32-34-36-39-42-45-48-51-57(66)73-54-56(75-58(67)52-49-46-43-40-37-33-24-21-18-15-12-9-6-3)55-74-65-63(61(70)60(69)62(77-65)64(71)72)76-59(68)53-50-47-44-41-38-35-31-26-23-20-17-14-11-8-5-2/h8-9,11-12,16-21,25-27,29-31,33,37-38,41,47,50,56,60-63,65,69-70H,4-7,10,13-15,22-24,28,32,34-36,39-40,42-46,48-49,51-55H2,1-3H3,(H,71,72)/b11-8-,12-9-,19-16-,20-17-,21-18-,27-25-,30-29-,31-26-,37-33-,41-38-,50-47-. The fraction of sp³-hybridized carbons (Fsp3) is 0.600. The zero-order valence-corrected chi connectivity index (χ0v) is 47.4. The molecule has 6 atom stereocenters. The van der Waals surface area contributed by atoms with Gasteiger partial charge in [-0.25, -0.2) is 4.79 Å². The van der Waals surface area contributed by atoms with Gasteiger partial charge in [0.25, 0.3) is 0 Å². The van der Waals surface area contributed by atoms with Gasteiger partial charge < -0.3 is 39.0 Å². The van der Waals surface area contributed by atoms with E-state index in [2.05, 4.69) is 130 Å². The summed E-state index contributed by atoms with van der Waals surface area (Å²) in [6, 6.07) is 0. The van der Waals surface area contributed by atoms with Crippen LogP contribution in [0.15, 0.2) is 134 Å². The molecular weight excluding hydrogens is 973 g/mol. The summed E-state index contributed by atoms with van der Waals surface area (Å²) in [7, 11) is 0. The van der Waals surface area contributed by atoms with E-state index in [4.69, 9.17) is 23.7 Å². The van der Waals surface area contributed by atoms with E-state index in [0.717, 1.165) is 116 Å². The molecule has 77 heavy (non-hydrogen) atoms. The molecular formula is C65H100O12. The fourth-order valence-electron chi connectivity index (χ4n) is 7.82. The van der Waals surface area contributed by atoms with Gasteiger partial charge in [-0.3, -0.25) is 14.4 Å². The van der Waals surface area contributed by atoms with Gasteiger partial charge in [0, 0.05) is 12.8 Å². The number of unbranched alkanes of at least 4 members (excludes halogenated alkanes) is 12. The Bertz CT molecular complexity index is 1850. The van der Waals surface area contributed by atoms with Gasteiger partial charge in [-0.05, 0) is 116 Å². The van der Waals surface area contributed by atoms with Gasteiger partial charge in [0.05, 0.1) is 13.0 Å². The molecule has 3 N–H and O–H groups in total. The molecule has 0 aromatic rings. The number of carbonyl (C=O) groups is 4. The molecule has 1 saturated heterocycles. The lowest BCUT2D eigenvalue weighted by molar-refractivity contribution is -0.301. The van der Waals surface area contributed by atoms with Crippen molar-refractivity contribution in [3.05, 3.63) is 134 Å². The van der Waals surface area contributed by atoms with Crippen LogP contribution in [0.5, 0.6) is 0 Å². The number of aliphatic carboxylic acids is 1. The Morgan fingerprint density at radius 1 is 0.455 bits per heavy atom. The van der Waals surface area contributed by atoms with Gasteiger partial charge in [-0.1, -0.05) is 199 Å². The van der Waals surface area contributed by atoms with Gasteiger partial charge in [-0.2, -0.15) is 0 Å². The lowest BCUT2D eigenvalue weighted by Gasteiger charge is -2.40. The van der Waals surface area contributed by atoms with Crippen LogP contribution in [0.1, 0.15) is 201 Å². The molecule has 0 saturated carbocycles. The molecule has 0 bridgehead atoms. The number of esters is 3. The molecule has 1 fully saturated rings. The molecule has 0 aromatic carbocycles. The van der Waals surface area contributed by atoms with Crippen molar-refractivity contribution in [1.29, 1.82) is 0 Å². The molecule has 1 rings (SSSR count). The number of allylic oxidation sites excluding steroid dienone is 21. The highest BCUT2D eigenvalue weighted by Gasteiger charge is 2.50. The third kappa shape index (κ3) is 41.6. The predicted octanol–water partition coefficient (Wildman–Crippen LogP) is 15.0. The average molecular weight is 1070 g/mol. The minimum atomic E-state index is -1.95. The van der Waals surface area contributed by atoms with E-state index < -0.39 is 67.3 Å². The first-order chi connectivity index (χ1) is 37.6. The maximum atomic E-state index is 13.1. The van der Waals surface area contributed by atoms with Crippen LogP contribution >= 0.6 is 0 Å². The molecule has 0 spiro atoms. The molecule has 1 aliphatic rings. The molecule has 0 aromatic heterocycles. The summed E-state index contributed by atoms with van der Waals surface area (Å²) in [4.78, 5) is 51.0. The largest absolute Gasteiger partial charge is 0.479 e. The van der Waals surface area contributed by atoms with E-state index in [1.807, 2.05) is 12.2 Å². The minimum absolute atomic E-state index is 0.106. The SMILES string of the molecule is CC/C=C\C/C=C\C/C=C\C/C=C\C/C=C\CC(=O)OC1C(OCC(COC(=O)CCCCCCCC/C=C\C/C=C\C/C=C\CCCCC)OC(=O)CCCCC/C=C\C/C=C\C/C=C\CC)OC(C(=O)O)C(O)C1O. The summed E-state index contributed by atoms with van der Waals surface area (Å²) in [5.74, 6) is -3.36. The second kappa shape index (κ2) is 51.6. The van der Waals surface area contributed by atoms with E-state index in [1.54, 1.807) is 12.2 Å². The van der Waals surface area contributed by atoms with Crippen LogP contribution in [0.25, 0.3) is 0 Å². The quantitative estimate of drug-likeness (QED) is 0.0228. The first-order valence-corrected chi connectivity index (χ1v) is 29.2. The van der Waals surface area contributed by atoms with Gasteiger partial charge in [0.15, 0.2) is 24.6 Å². The summed E-state index contributed by atoms with van der Waals surface area (Å²) >= 11 is 0. The summed E-state index contributed by atoms with van der Waals surface area (Å²) in [5, 5.41) is 31.4. The Morgan fingerprint density at radius 3 is 1.32 bits per heavy atom. The normalized spacial score (nSPS) is 19.0. The highest BCUT2D eigenvalue weighted by molar-refractivity contribution is 5.74. The summed E-state index contributed by atoms with van der Waals surface area (Å²) in [6.45, 7) is 5.63. The second-order valence-corrected chi connectivity index (χ2v) is 19.2. The predicted molar refractivity (Wildman–Crippen MR) is 312 cm³/mol. The first kappa shape index (κ1) is 69.9. The van der Waals surface area contributed by atoms with E-state index in [0.29, 0.717) is 19.3 Å². The van der Waals surface area contributed by atoms with Gasteiger partial charge in [0.2, 0.25) is 0 Å². The third-order valence-corrected chi connectivity index (χ3v) is 12.2. The van der Waals surface area contributed by atoms with Crippen molar-refractivity contribution in [2.24, 2.45) is 0 Å². The molecule has 0 amide bonds. The lowest BCUT2D eigenvalue weighted by Crippen LogP contribution is -2.61. The van der Waals surface area contributed by atoms with Gasteiger partial charge >= 0.3 is 23.9 Å². The van der Waals surface area contributed by atoms with Crippen LogP contribution in [0, 0.1) is 0 Å². The topological polar surface area (TPSA) is 175 Å². The second-order valence-electron chi connectivity index (χ2n) is 19.2. The van der Waals surface area contributed by atoms with Crippen molar-refractivity contribution >= 4 is 23.9 Å². The molecule has 1 heterocycles. The average Bonchev–Trinajstić information content (AvgIpc) is 3.42.